The van der Waals surface area contributed by atoms with Crippen LogP contribution in [0.3, 0.4) is 0 Å². The SMILES string of the molecule is C=C/C(=C\C=C/C)c1ccc(N(c2ccc(-c3ccccc3)cc2)c2cccc3c2-c2cc4c(cc2C3(C)C)-c2ccccc2C4(C)C)cc1. The lowest BCUT2D eigenvalue weighted by atomic mass is 9.79. The summed E-state index contributed by atoms with van der Waals surface area (Å²) >= 11 is 0. The van der Waals surface area contributed by atoms with Crippen LogP contribution >= 0.6 is 0 Å². The van der Waals surface area contributed by atoms with Gasteiger partial charge in [-0.05, 0) is 111 Å². The molecular formula is C49H43N. The molecule has 0 bridgehead atoms. The number of allylic oxidation sites excluding steroid dienone is 5. The van der Waals surface area contributed by atoms with Crippen LogP contribution in [0.4, 0.5) is 17.1 Å². The van der Waals surface area contributed by atoms with Gasteiger partial charge in [-0.2, -0.15) is 0 Å². The Morgan fingerprint density at radius 3 is 1.84 bits per heavy atom. The van der Waals surface area contributed by atoms with Gasteiger partial charge in [0.25, 0.3) is 0 Å². The van der Waals surface area contributed by atoms with E-state index in [2.05, 4.69) is 185 Å². The quantitative estimate of drug-likeness (QED) is 0.156. The minimum atomic E-state index is -0.152. The summed E-state index contributed by atoms with van der Waals surface area (Å²) in [6.45, 7) is 15.7. The monoisotopic (exact) mass is 645 g/mol. The first kappa shape index (κ1) is 31.6. The van der Waals surface area contributed by atoms with Gasteiger partial charge in [0, 0.05) is 27.8 Å². The van der Waals surface area contributed by atoms with Crippen molar-refractivity contribution in [2.24, 2.45) is 0 Å². The van der Waals surface area contributed by atoms with Gasteiger partial charge in [-0.15, -0.1) is 0 Å². The lowest BCUT2D eigenvalue weighted by molar-refractivity contribution is 0.652. The van der Waals surface area contributed by atoms with Crippen LogP contribution in [0.25, 0.3) is 39.0 Å². The Hall–Kier alpha value is -5.66. The molecule has 2 aliphatic carbocycles. The molecule has 1 nitrogen and oxygen atoms in total. The predicted molar refractivity (Wildman–Crippen MR) is 215 cm³/mol. The fraction of sp³-hybridized carbons (Fsp3) is 0.143. The smallest absolute Gasteiger partial charge is 0.0543 e. The van der Waals surface area contributed by atoms with E-state index in [1.54, 1.807) is 0 Å². The summed E-state index contributed by atoms with van der Waals surface area (Å²) in [4.78, 5) is 2.44. The van der Waals surface area contributed by atoms with E-state index in [9.17, 15) is 0 Å². The third kappa shape index (κ3) is 4.91. The summed E-state index contributed by atoms with van der Waals surface area (Å²) in [6, 6.07) is 49.4. The predicted octanol–water partition coefficient (Wildman–Crippen LogP) is 13.6. The Bertz CT molecular complexity index is 2310. The topological polar surface area (TPSA) is 3.24 Å². The normalized spacial score (nSPS) is 14.9. The second kappa shape index (κ2) is 12.0. The average molecular weight is 646 g/mol. The first-order valence-electron chi connectivity index (χ1n) is 17.7. The molecule has 0 saturated carbocycles. The number of benzene rings is 6. The molecule has 0 heterocycles. The number of rotatable bonds is 7. The summed E-state index contributed by atoms with van der Waals surface area (Å²) in [6.07, 6.45) is 8.15. The van der Waals surface area contributed by atoms with Gasteiger partial charge >= 0.3 is 0 Å². The highest BCUT2D eigenvalue weighted by atomic mass is 15.1. The molecule has 0 spiro atoms. The van der Waals surface area contributed by atoms with Crippen molar-refractivity contribution in [1.29, 1.82) is 0 Å². The molecular weight excluding hydrogens is 603 g/mol. The van der Waals surface area contributed by atoms with E-state index >= 15 is 0 Å². The van der Waals surface area contributed by atoms with Crippen molar-refractivity contribution in [1.82, 2.24) is 0 Å². The molecule has 8 rings (SSSR count). The molecule has 0 unspecified atom stereocenters. The fourth-order valence-corrected chi connectivity index (χ4v) is 8.29. The number of hydrogen-bond acceptors (Lipinski definition) is 1. The third-order valence-corrected chi connectivity index (χ3v) is 11.0. The molecule has 0 fully saturated rings. The minimum absolute atomic E-state index is 0.0745. The molecule has 50 heavy (non-hydrogen) atoms. The minimum Gasteiger partial charge on any atom is -0.310 e. The van der Waals surface area contributed by atoms with Crippen LogP contribution in [-0.4, -0.2) is 0 Å². The van der Waals surface area contributed by atoms with Gasteiger partial charge in [-0.25, -0.2) is 0 Å². The highest BCUT2D eigenvalue weighted by molar-refractivity contribution is 5.97. The zero-order valence-electron chi connectivity index (χ0n) is 29.7. The van der Waals surface area contributed by atoms with Crippen molar-refractivity contribution < 1.29 is 0 Å². The maximum Gasteiger partial charge on any atom is 0.0543 e. The largest absolute Gasteiger partial charge is 0.310 e. The van der Waals surface area contributed by atoms with Crippen LogP contribution in [-0.2, 0) is 10.8 Å². The van der Waals surface area contributed by atoms with Gasteiger partial charge in [0.2, 0.25) is 0 Å². The molecule has 0 aliphatic heterocycles. The molecule has 6 aromatic carbocycles. The van der Waals surface area contributed by atoms with Gasteiger partial charge in [-0.1, -0.05) is 150 Å². The van der Waals surface area contributed by atoms with Crippen molar-refractivity contribution >= 4 is 22.6 Å². The summed E-state index contributed by atoms with van der Waals surface area (Å²) < 4.78 is 0. The van der Waals surface area contributed by atoms with E-state index in [1.807, 2.05) is 19.1 Å². The summed E-state index contributed by atoms with van der Waals surface area (Å²) in [5.41, 5.74) is 18.8. The summed E-state index contributed by atoms with van der Waals surface area (Å²) in [5, 5.41) is 0. The van der Waals surface area contributed by atoms with Crippen LogP contribution < -0.4 is 4.90 Å². The van der Waals surface area contributed by atoms with Crippen molar-refractivity contribution in [3.05, 3.63) is 192 Å². The number of fused-ring (bicyclic) bond motifs is 6. The Labute approximate surface area is 297 Å². The van der Waals surface area contributed by atoms with Crippen molar-refractivity contribution in [2.45, 2.75) is 45.4 Å². The summed E-state index contributed by atoms with van der Waals surface area (Å²) in [5.74, 6) is 0. The van der Waals surface area contributed by atoms with Crippen molar-refractivity contribution in [3.63, 3.8) is 0 Å². The number of nitrogens with zero attached hydrogens (tertiary/aromatic N) is 1. The Balaban J connectivity index is 1.33. The second-order valence-corrected chi connectivity index (χ2v) is 14.6. The Morgan fingerprint density at radius 1 is 0.560 bits per heavy atom. The van der Waals surface area contributed by atoms with Crippen LogP contribution in [0.2, 0.25) is 0 Å². The highest BCUT2D eigenvalue weighted by Crippen LogP contribution is 2.58. The number of hydrogen-bond donors (Lipinski definition) is 0. The van der Waals surface area contributed by atoms with Crippen LogP contribution in [0.5, 0.6) is 0 Å². The molecule has 0 N–H and O–H groups in total. The van der Waals surface area contributed by atoms with E-state index in [0.29, 0.717) is 0 Å². The first-order valence-corrected chi connectivity index (χ1v) is 17.7. The molecule has 244 valence electrons. The summed E-state index contributed by atoms with van der Waals surface area (Å²) in [7, 11) is 0. The maximum absolute atomic E-state index is 4.09. The second-order valence-electron chi connectivity index (χ2n) is 14.6. The van der Waals surface area contributed by atoms with E-state index in [4.69, 9.17) is 0 Å². The van der Waals surface area contributed by atoms with Gasteiger partial charge < -0.3 is 4.90 Å². The molecule has 0 amide bonds. The standard InChI is InChI=1S/C49H43N/c1-7-9-16-33(8-2)35-23-27-37(28-24-35)50(38-29-25-36(26-30-38)34-17-11-10-12-18-34)46-22-15-21-43-47(46)41-32-44-40(31-45(41)49(43,5)6)39-19-13-14-20-42(39)48(44,3)4/h7-32H,2H2,1,3-6H3/b9-7-,33-16+. The van der Waals surface area contributed by atoms with Crippen LogP contribution in [0.15, 0.2) is 164 Å². The van der Waals surface area contributed by atoms with E-state index < -0.39 is 0 Å². The Kier molecular flexibility index (Phi) is 7.61. The zero-order valence-corrected chi connectivity index (χ0v) is 29.7. The average Bonchev–Trinajstić information content (AvgIpc) is 3.52. The Morgan fingerprint density at radius 2 is 1.14 bits per heavy atom. The van der Waals surface area contributed by atoms with Crippen molar-refractivity contribution in [2.75, 3.05) is 4.90 Å². The van der Waals surface area contributed by atoms with Crippen LogP contribution in [0.1, 0.15) is 62.4 Å². The molecule has 1 heteroatoms. The van der Waals surface area contributed by atoms with Gasteiger partial charge in [-0.3, -0.25) is 0 Å². The molecule has 2 aliphatic rings. The molecule has 0 atom stereocenters. The van der Waals surface area contributed by atoms with E-state index in [-0.39, 0.29) is 10.8 Å². The van der Waals surface area contributed by atoms with Gasteiger partial charge in [0.15, 0.2) is 0 Å². The lowest BCUT2D eigenvalue weighted by Gasteiger charge is -2.29. The van der Waals surface area contributed by atoms with Gasteiger partial charge in [0.05, 0.1) is 5.69 Å². The maximum atomic E-state index is 4.09. The molecule has 6 aromatic rings. The molecule has 0 radical (unpaired) electrons. The van der Waals surface area contributed by atoms with Crippen molar-refractivity contribution in [3.8, 4) is 33.4 Å². The van der Waals surface area contributed by atoms with E-state index in [1.165, 1.54) is 61.3 Å². The third-order valence-electron chi connectivity index (χ3n) is 11.0. The lowest BCUT2D eigenvalue weighted by Crippen LogP contribution is -2.17. The number of anilines is 3. The fourth-order valence-electron chi connectivity index (χ4n) is 8.29. The van der Waals surface area contributed by atoms with Gasteiger partial charge in [0.1, 0.15) is 0 Å². The molecule has 0 aromatic heterocycles. The zero-order chi connectivity index (χ0) is 34.6. The van der Waals surface area contributed by atoms with E-state index in [0.717, 1.165) is 22.5 Å². The first-order chi connectivity index (χ1) is 24.2. The highest BCUT2D eigenvalue weighted by Gasteiger charge is 2.42. The van der Waals surface area contributed by atoms with Crippen LogP contribution in [0, 0.1) is 0 Å². The molecule has 0 saturated heterocycles.